The quantitative estimate of drug-likeness (QED) is 0.226. The molecule has 0 bridgehead atoms. The van der Waals surface area contributed by atoms with Gasteiger partial charge in [0.1, 0.15) is 5.02 Å². The zero-order valence-corrected chi connectivity index (χ0v) is 27.2. The zero-order chi connectivity index (χ0) is 35.5. The lowest BCUT2D eigenvalue weighted by Gasteiger charge is -2.19. The van der Waals surface area contributed by atoms with Crippen molar-refractivity contribution in [2.24, 2.45) is 5.92 Å². The van der Waals surface area contributed by atoms with Gasteiger partial charge in [0, 0.05) is 17.1 Å². The smallest absolute Gasteiger partial charge is 0.340 e. The highest BCUT2D eigenvalue weighted by Gasteiger charge is 2.42. The van der Waals surface area contributed by atoms with Crippen molar-refractivity contribution in [2.45, 2.75) is 37.6 Å². The molecule has 1 saturated heterocycles. The Kier molecular flexibility index (Phi) is 7.84. The molecule has 4 heterocycles. The average Bonchev–Trinajstić information content (AvgIpc) is 3.40. The molecule has 3 aromatic carbocycles. The van der Waals surface area contributed by atoms with Crippen molar-refractivity contribution in [3.05, 3.63) is 101 Å². The molecule has 3 amide bonds. The first-order valence-electron chi connectivity index (χ1n) is 15.3. The minimum absolute atomic E-state index is 0.0597. The van der Waals surface area contributed by atoms with Gasteiger partial charge in [-0.15, -0.1) is 0 Å². The Labute approximate surface area is 282 Å². The Morgan fingerprint density at radius 3 is 2.26 bits per heavy atom. The van der Waals surface area contributed by atoms with E-state index in [4.69, 9.17) is 9.47 Å². The molecule has 7 rings (SSSR count). The third-order valence-electron chi connectivity index (χ3n) is 8.44. The number of hydrogen-bond donors (Lipinski definition) is 1. The number of halogens is 3. The number of fused-ring (bicyclic) bond motifs is 1. The molecule has 50 heavy (non-hydrogen) atoms. The molecule has 14 nitrogen and oxygen atoms in total. The lowest BCUT2D eigenvalue weighted by Crippen LogP contribution is -2.44. The number of benzene rings is 3. The SMILES string of the molecule is Cc1ccc(-c2cc(C(F)(F)F)nn2-c2ccc(S(=O)(=O)NC(=O)C3CCN(n4on4OC(C)N4C(=O)c5ccccc5C4=O)C3)cc2)cc1. The summed E-state index contributed by atoms with van der Waals surface area (Å²) < 4.78 is 75.4. The Balaban J connectivity index is 0.985. The van der Waals surface area contributed by atoms with Crippen LogP contribution >= 0.6 is 0 Å². The Bertz CT molecular complexity index is 2180. The summed E-state index contributed by atoms with van der Waals surface area (Å²) in [5.74, 6) is -2.55. The van der Waals surface area contributed by atoms with Gasteiger partial charge in [-0.1, -0.05) is 42.0 Å². The van der Waals surface area contributed by atoms with Gasteiger partial charge in [-0.25, -0.2) is 22.7 Å². The predicted molar refractivity (Wildman–Crippen MR) is 168 cm³/mol. The van der Waals surface area contributed by atoms with Crippen LogP contribution < -0.4 is 14.6 Å². The molecule has 0 saturated carbocycles. The number of amides is 3. The van der Waals surface area contributed by atoms with E-state index in [2.05, 4.69) is 9.82 Å². The van der Waals surface area contributed by atoms with Gasteiger partial charge in [-0.2, -0.15) is 22.9 Å². The van der Waals surface area contributed by atoms with E-state index in [1.165, 1.54) is 36.2 Å². The summed E-state index contributed by atoms with van der Waals surface area (Å²) in [7, 11) is -4.35. The summed E-state index contributed by atoms with van der Waals surface area (Å²) in [6.07, 6.45) is -5.47. The van der Waals surface area contributed by atoms with Crippen LogP contribution in [0.1, 0.15) is 45.3 Å². The maximum atomic E-state index is 13.6. The van der Waals surface area contributed by atoms with Crippen molar-refractivity contribution in [1.29, 1.82) is 0 Å². The van der Waals surface area contributed by atoms with Gasteiger partial charge in [-0.3, -0.25) is 19.4 Å². The minimum atomic E-state index is -4.71. The van der Waals surface area contributed by atoms with Gasteiger partial charge in [0.05, 0.1) is 39.9 Å². The second-order valence-electron chi connectivity index (χ2n) is 11.9. The number of alkyl halides is 3. The maximum absolute atomic E-state index is 13.6. The highest BCUT2D eigenvalue weighted by molar-refractivity contribution is 7.90. The Morgan fingerprint density at radius 2 is 1.64 bits per heavy atom. The van der Waals surface area contributed by atoms with Crippen LogP contribution in [-0.2, 0) is 21.0 Å². The number of rotatable bonds is 9. The topological polar surface area (TPSA) is 154 Å². The maximum Gasteiger partial charge on any atom is 0.435 e. The van der Waals surface area contributed by atoms with Crippen LogP contribution in [0.15, 0.2) is 88.4 Å². The molecule has 2 aliphatic rings. The summed E-state index contributed by atoms with van der Waals surface area (Å²) in [5.41, 5.74) is 1.15. The summed E-state index contributed by atoms with van der Waals surface area (Å²) >= 11 is 0. The first-order chi connectivity index (χ1) is 23.7. The van der Waals surface area contributed by atoms with E-state index in [0.717, 1.165) is 26.2 Å². The highest BCUT2D eigenvalue weighted by Crippen LogP contribution is 2.33. The minimum Gasteiger partial charge on any atom is -0.340 e. The van der Waals surface area contributed by atoms with Crippen molar-refractivity contribution < 1.29 is 45.4 Å². The number of hydrogen-bond acceptors (Lipinski definition) is 9. The molecule has 260 valence electrons. The second kappa shape index (κ2) is 12.0. The molecule has 5 aromatic rings. The first-order valence-corrected chi connectivity index (χ1v) is 16.8. The third-order valence-corrected chi connectivity index (χ3v) is 9.81. The van der Waals surface area contributed by atoms with E-state index < -0.39 is 51.8 Å². The van der Waals surface area contributed by atoms with Crippen LogP contribution in [-0.4, -0.2) is 70.1 Å². The van der Waals surface area contributed by atoms with Gasteiger partial charge >= 0.3 is 6.18 Å². The number of imide groups is 1. The van der Waals surface area contributed by atoms with Crippen LogP contribution in [0.4, 0.5) is 13.2 Å². The first kappa shape index (κ1) is 32.8. The van der Waals surface area contributed by atoms with E-state index in [1.54, 1.807) is 53.5 Å². The van der Waals surface area contributed by atoms with E-state index in [0.29, 0.717) is 12.1 Å². The van der Waals surface area contributed by atoms with Crippen molar-refractivity contribution in [1.82, 2.24) is 29.4 Å². The molecule has 2 aliphatic heterocycles. The molecule has 0 aliphatic carbocycles. The zero-order valence-electron chi connectivity index (χ0n) is 26.4. The molecule has 0 spiro atoms. The number of carbonyl (C=O) groups is 3. The van der Waals surface area contributed by atoms with Crippen LogP contribution in [0, 0.1) is 12.8 Å². The molecule has 2 aromatic heterocycles. The van der Waals surface area contributed by atoms with E-state index in [1.807, 2.05) is 6.92 Å². The number of sulfonamides is 1. The predicted octanol–water partition coefficient (Wildman–Crippen LogP) is 3.60. The van der Waals surface area contributed by atoms with Crippen LogP contribution in [0.2, 0.25) is 0 Å². The highest BCUT2D eigenvalue weighted by atomic mass is 32.2. The second-order valence-corrected chi connectivity index (χ2v) is 13.5. The molecular formula is C32H28F3N7O7S. The molecule has 2 atom stereocenters. The fourth-order valence-electron chi connectivity index (χ4n) is 5.78. The van der Waals surface area contributed by atoms with E-state index in [9.17, 15) is 36.0 Å². The van der Waals surface area contributed by atoms with Gasteiger partial charge in [-0.05, 0) is 62.7 Å². The molecule has 0 radical (unpaired) electrons. The lowest BCUT2D eigenvalue weighted by molar-refractivity contribution is -0.141. The Hall–Kier alpha value is -5.78. The lowest BCUT2D eigenvalue weighted by atomic mass is 10.1. The molecule has 18 heteroatoms. The molecule has 2 unspecified atom stereocenters. The molecule has 1 fully saturated rings. The third kappa shape index (κ3) is 6.01. The number of nitrogens with one attached hydrogen (secondary N) is 1. The standard InChI is InChI=1S/C32H28F3N7O7S/c1-19-7-9-21(10-8-19)27-17-28(32(33,34)35)36-40(27)23-11-13-24(14-12-23)50(46,47)37-29(43)22-15-16-38(18-22)41-42(49-41)48-20(2)39-30(44)25-5-3-4-6-26(25)31(39)45/h3-14,17,20,22H,15-16,18H2,1-2H3,(H,37,43). The molecular weight excluding hydrogens is 683 g/mol. The monoisotopic (exact) mass is 711 g/mol. The van der Waals surface area contributed by atoms with E-state index >= 15 is 0 Å². The number of nitrogens with zero attached hydrogens (tertiary/aromatic N) is 6. The summed E-state index contributed by atoms with van der Waals surface area (Å²) in [5, 5.41) is 6.25. The average molecular weight is 712 g/mol. The number of aryl methyl sites for hydroxylation is 1. The summed E-state index contributed by atoms with van der Waals surface area (Å²) in [6.45, 7) is 3.69. The largest absolute Gasteiger partial charge is 0.435 e. The van der Waals surface area contributed by atoms with Crippen molar-refractivity contribution in [3.63, 3.8) is 0 Å². The van der Waals surface area contributed by atoms with E-state index in [-0.39, 0.29) is 40.4 Å². The summed E-state index contributed by atoms with van der Waals surface area (Å²) in [4.78, 5) is 45.9. The van der Waals surface area contributed by atoms with Crippen LogP contribution in [0.3, 0.4) is 0 Å². The fourth-order valence-corrected chi connectivity index (χ4v) is 6.82. The van der Waals surface area contributed by atoms with Crippen molar-refractivity contribution >= 4 is 27.7 Å². The van der Waals surface area contributed by atoms with Crippen molar-refractivity contribution in [2.75, 3.05) is 18.1 Å². The van der Waals surface area contributed by atoms with Crippen LogP contribution in [0.25, 0.3) is 16.9 Å². The van der Waals surface area contributed by atoms with Gasteiger partial charge in [0.25, 0.3) is 21.8 Å². The number of aromatic nitrogens is 4. The van der Waals surface area contributed by atoms with Gasteiger partial charge in [0.15, 0.2) is 5.69 Å². The van der Waals surface area contributed by atoms with Crippen molar-refractivity contribution in [3.8, 4) is 16.9 Å². The Morgan fingerprint density at radius 1 is 1.00 bits per heavy atom. The normalized spacial score (nSPS) is 17.0. The van der Waals surface area contributed by atoms with Gasteiger partial charge in [0.2, 0.25) is 12.1 Å². The van der Waals surface area contributed by atoms with Crippen LogP contribution in [0.5, 0.6) is 0 Å². The van der Waals surface area contributed by atoms with Gasteiger partial charge < -0.3 is 4.84 Å². The molecule has 1 N–H and O–H groups in total. The summed E-state index contributed by atoms with van der Waals surface area (Å²) in [6, 6.07) is 19.1. The number of carbonyl (C=O) groups excluding carboxylic acids is 3. The fraction of sp³-hybridized carbons (Fsp3) is 0.250.